The zero-order valence-corrected chi connectivity index (χ0v) is 22.7. The molecule has 10 heteroatoms. The van der Waals surface area contributed by atoms with Gasteiger partial charge >= 0.3 is 6.03 Å². The summed E-state index contributed by atoms with van der Waals surface area (Å²) in [6.07, 6.45) is 1.02. The zero-order chi connectivity index (χ0) is 28.0. The lowest BCUT2D eigenvalue weighted by Crippen LogP contribution is -2.70. The molecular formula is C28H38FN5O4. The molecule has 4 amide bonds. The Balaban J connectivity index is 1.89. The topological polar surface area (TPSA) is 96.4 Å². The number of urea groups is 1. The van der Waals surface area contributed by atoms with Crippen molar-refractivity contribution in [3.63, 3.8) is 0 Å². The lowest BCUT2D eigenvalue weighted by atomic mass is 10.0. The normalized spacial score (nSPS) is 17.0. The van der Waals surface area contributed by atoms with Crippen LogP contribution in [0.1, 0.15) is 44.7 Å². The van der Waals surface area contributed by atoms with Crippen LogP contribution in [0, 0.1) is 5.82 Å². The molecule has 2 N–H and O–H groups in total. The Morgan fingerprint density at radius 2 is 1.66 bits per heavy atom. The van der Waals surface area contributed by atoms with E-state index < -0.39 is 18.2 Å². The Bertz CT molecular complexity index is 1110. The summed E-state index contributed by atoms with van der Waals surface area (Å²) >= 11 is 0. The smallest absolute Gasteiger partial charge is 0.334 e. The molecule has 1 heterocycles. The molecule has 38 heavy (non-hydrogen) atoms. The van der Waals surface area contributed by atoms with E-state index in [1.165, 1.54) is 27.1 Å². The third-order valence-electron chi connectivity index (χ3n) is 7.17. The fourth-order valence-corrected chi connectivity index (χ4v) is 5.00. The minimum Gasteiger partial charge on any atom is -0.508 e. The van der Waals surface area contributed by atoms with Gasteiger partial charge in [-0.1, -0.05) is 38.1 Å². The highest BCUT2D eigenvalue weighted by atomic mass is 19.1. The second-order valence-corrected chi connectivity index (χ2v) is 9.68. The van der Waals surface area contributed by atoms with Crippen LogP contribution in [0.25, 0.3) is 0 Å². The molecule has 3 rings (SSSR count). The molecule has 0 saturated carbocycles. The number of hydrogen-bond donors (Lipinski definition) is 2. The number of benzene rings is 2. The second kappa shape index (κ2) is 12.7. The van der Waals surface area contributed by atoms with Crippen LogP contribution in [0.15, 0.2) is 48.5 Å². The second-order valence-electron chi connectivity index (χ2n) is 9.68. The van der Waals surface area contributed by atoms with E-state index in [-0.39, 0.29) is 48.9 Å². The van der Waals surface area contributed by atoms with Gasteiger partial charge in [-0.25, -0.2) is 19.2 Å². The van der Waals surface area contributed by atoms with Crippen LogP contribution in [0.5, 0.6) is 5.75 Å². The first-order valence-electron chi connectivity index (χ1n) is 13.0. The fraction of sp³-hybridized carbons (Fsp3) is 0.464. The van der Waals surface area contributed by atoms with Crippen LogP contribution < -0.4 is 5.32 Å². The molecule has 0 unspecified atom stereocenters. The van der Waals surface area contributed by atoms with Crippen LogP contribution in [-0.2, 0) is 22.6 Å². The fourth-order valence-electron chi connectivity index (χ4n) is 5.00. The van der Waals surface area contributed by atoms with Crippen LogP contribution in [0.3, 0.4) is 0 Å². The Labute approximate surface area is 223 Å². The maximum atomic E-state index is 13.9. The number of rotatable bonds is 9. The minimum atomic E-state index is -0.853. The van der Waals surface area contributed by atoms with Gasteiger partial charge in [0.05, 0.1) is 6.54 Å². The van der Waals surface area contributed by atoms with Gasteiger partial charge in [-0.2, -0.15) is 0 Å². The Morgan fingerprint density at radius 3 is 2.24 bits per heavy atom. The average molecular weight is 528 g/mol. The molecule has 0 radical (unpaired) electrons. The third kappa shape index (κ3) is 6.61. The average Bonchev–Trinajstić information content (AvgIpc) is 2.88. The van der Waals surface area contributed by atoms with Crippen molar-refractivity contribution in [2.45, 2.75) is 64.8 Å². The van der Waals surface area contributed by atoms with Gasteiger partial charge in [0.2, 0.25) is 11.8 Å². The number of carbonyl (C=O) groups is 3. The Kier molecular flexibility index (Phi) is 9.68. The highest BCUT2D eigenvalue weighted by molar-refractivity contribution is 5.90. The van der Waals surface area contributed by atoms with Crippen molar-refractivity contribution < 1.29 is 23.9 Å². The number of aromatic hydroxyl groups is 1. The summed E-state index contributed by atoms with van der Waals surface area (Å²) in [6.45, 7) is 5.85. The highest BCUT2D eigenvalue weighted by Crippen LogP contribution is 2.24. The SMILES string of the molecule is CCC(CC)N(C)C(=O)[C@H](Cc1ccc(O)cc1)N1C(=O)CN(C)N(C(=O)NCc2ccc(F)cc2)[C@H]1C. The number of halogens is 1. The summed E-state index contributed by atoms with van der Waals surface area (Å²) in [5.74, 6) is -0.721. The molecule has 0 aliphatic carbocycles. The predicted molar refractivity (Wildman–Crippen MR) is 142 cm³/mol. The van der Waals surface area contributed by atoms with E-state index in [9.17, 15) is 23.9 Å². The molecule has 2 aromatic carbocycles. The summed E-state index contributed by atoms with van der Waals surface area (Å²) in [7, 11) is 3.40. The van der Waals surface area contributed by atoms with Crippen molar-refractivity contribution in [2.75, 3.05) is 20.6 Å². The van der Waals surface area contributed by atoms with Gasteiger partial charge in [0.1, 0.15) is 23.8 Å². The van der Waals surface area contributed by atoms with Crippen molar-refractivity contribution >= 4 is 17.8 Å². The largest absolute Gasteiger partial charge is 0.508 e. The van der Waals surface area contributed by atoms with Crippen molar-refractivity contribution in [1.29, 1.82) is 0 Å². The number of carbonyl (C=O) groups excluding carboxylic acids is 3. The first-order chi connectivity index (χ1) is 18.1. The molecule has 2 aromatic rings. The molecule has 1 aliphatic rings. The van der Waals surface area contributed by atoms with Crippen molar-refractivity contribution in [3.8, 4) is 5.75 Å². The number of nitrogens with zero attached hydrogens (tertiary/aromatic N) is 4. The molecule has 2 atom stereocenters. The number of likely N-dealkylation sites (N-methyl/N-ethyl adjacent to an activating group) is 2. The van der Waals surface area contributed by atoms with Crippen LogP contribution in [-0.4, -0.2) is 81.7 Å². The number of amides is 4. The maximum Gasteiger partial charge on any atom is 0.334 e. The van der Waals surface area contributed by atoms with Gasteiger partial charge in [0, 0.05) is 33.1 Å². The number of phenols is 1. The molecule has 1 saturated heterocycles. The first kappa shape index (κ1) is 28.9. The van der Waals surface area contributed by atoms with E-state index in [0.717, 1.165) is 24.0 Å². The van der Waals surface area contributed by atoms with Gasteiger partial charge in [-0.15, -0.1) is 0 Å². The summed E-state index contributed by atoms with van der Waals surface area (Å²) in [4.78, 5) is 43.7. The van der Waals surface area contributed by atoms with Gasteiger partial charge in [-0.05, 0) is 55.2 Å². The van der Waals surface area contributed by atoms with Gasteiger partial charge in [0.15, 0.2) is 0 Å². The molecule has 0 bridgehead atoms. The molecule has 1 fully saturated rings. The van der Waals surface area contributed by atoms with E-state index >= 15 is 0 Å². The van der Waals surface area contributed by atoms with E-state index in [0.29, 0.717) is 0 Å². The first-order valence-corrected chi connectivity index (χ1v) is 13.0. The number of nitrogens with one attached hydrogen (secondary N) is 1. The molecular weight excluding hydrogens is 489 g/mol. The Hall–Kier alpha value is -3.66. The summed E-state index contributed by atoms with van der Waals surface area (Å²) in [5, 5.41) is 15.5. The summed E-state index contributed by atoms with van der Waals surface area (Å²) in [5.41, 5.74) is 1.51. The van der Waals surface area contributed by atoms with E-state index in [1.807, 2.05) is 13.8 Å². The Morgan fingerprint density at radius 1 is 1.08 bits per heavy atom. The third-order valence-corrected chi connectivity index (χ3v) is 7.17. The number of hydrazine groups is 1. The van der Waals surface area contributed by atoms with Crippen LogP contribution in [0.4, 0.5) is 9.18 Å². The standard InChI is InChI=1S/C28H38FN5O4/c1-6-23(7-2)32(5)27(37)25(16-20-10-14-24(35)15-11-20)33-19(3)34(31(4)18-26(33)36)28(38)30-17-21-8-12-22(29)13-9-21/h8-15,19,23,25,35H,6-7,16-18H2,1-5H3,(H,30,38)/t19-,25-/m0/s1. The van der Waals surface area contributed by atoms with E-state index in [2.05, 4.69) is 5.32 Å². The van der Waals surface area contributed by atoms with Crippen molar-refractivity contribution in [2.24, 2.45) is 0 Å². The molecule has 1 aliphatic heterocycles. The summed E-state index contributed by atoms with van der Waals surface area (Å²) < 4.78 is 13.2. The number of phenolic OH excluding ortho intramolecular Hbond substituents is 1. The zero-order valence-electron chi connectivity index (χ0n) is 22.7. The lowest BCUT2D eigenvalue weighted by molar-refractivity contribution is -0.172. The van der Waals surface area contributed by atoms with Crippen molar-refractivity contribution in [3.05, 3.63) is 65.5 Å². The van der Waals surface area contributed by atoms with E-state index in [4.69, 9.17) is 0 Å². The van der Waals surface area contributed by atoms with Crippen molar-refractivity contribution in [1.82, 2.24) is 25.1 Å². The number of hydrogen-bond acceptors (Lipinski definition) is 5. The van der Waals surface area contributed by atoms with Gasteiger partial charge in [-0.3, -0.25) is 9.59 Å². The van der Waals surface area contributed by atoms with Gasteiger partial charge in [0.25, 0.3) is 0 Å². The minimum absolute atomic E-state index is 0.0119. The van der Waals surface area contributed by atoms with Crippen LogP contribution >= 0.6 is 0 Å². The quantitative estimate of drug-likeness (QED) is 0.522. The van der Waals surface area contributed by atoms with Gasteiger partial charge < -0.3 is 20.2 Å². The molecule has 206 valence electrons. The molecule has 0 aromatic heterocycles. The lowest BCUT2D eigenvalue weighted by Gasteiger charge is -2.49. The predicted octanol–water partition coefficient (Wildman–Crippen LogP) is 3.34. The van der Waals surface area contributed by atoms with Crippen LogP contribution in [0.2, 0.25) is 0 Å². The monoisotopic (exact) mass is 527 g/mol. The molecule has 9 nitrogen and oxygen atoms in total. The maximum absolute atomic E-state index is 13.9. The summed E-state index contributed by atoms with van der Waals surface area (Å²) in [6, 6.07) is 11.1. The highest BCUT2D eigenvalue weighted by Gasteiger charge is 2.44. The van der Waals surface area contributed by atoms with E-state index in [1.54, 1.807) is 62.3 Å². The molecule has 0 spiro atoms.